The van der Waals surface area contributed by atoms with Crippen molar-refractivity contribution in [2.75, 3.05) is 0 Å². The summed E-state index contributed by atoms with van der Waals surface area (Å²) in [5.74, 6) is 1.61. The monoisotopic (exact) mass is 164 g/mol. The Hall–Kier alpha value is -0.920. The average Bonchev–Trinajstić information content (AvgIpc) is 2.03. The molecular weight excluding hydrogens is 148 g/mol. The fourth-order valence-electron chi connectivity index (χ4n) is 1.00. The van der Waals surface area contributed by atoms with Crippen LogP contribution in [0.3, 0.4) is 0 Å². The summed E-state index contributed by atoms with van der Waals surface area (Å²) in [7, 11) is 0. The van der Waals surface area contributed by atoms with Gasteiger partial charge in [-0.2, -0.15) is 0 Å². The third-order valence-corrected chi connectivity index (χ3v) is 1.84. The van der Waals surface area contributed by atoms with Crippen LogP contribution >= 0.6 is 0 Å². The largest absolute Gasteiger partial charge is 0.241 e. The molecule has 1 rings (SSSR count). The van der Waals surface area contributed by atoms with E-state index in [4.69, 9.17) is 0 Å². The van der Waals surface area contributed by atoms with E-state index >= 15 is 0 Å². The molecule has 0 spiro atoms. The summed E-state index contributed by atoms with van der Waals surface area (Å²) in [6.45, 7) is 6.37. The zero-order chi connectivity index (χ0) is 8.97. The number of hydrogen-bond acceptors (Lipinski definition) is 2. The lowest BCUT2D eigenvalue weighted by atomic mass is 10.1. The highest BCUT2D eigenvalue weighted by Gasteiger charge is 1.97. The third-order valence-electron chi connectivity index (χ3n) is 1.84. The molecule has 0 bridgehead atoms. The maximum Gasteiger partial charge on any atom is 0.125 e. The number of aromatic nitrogens is 2. The highest BCUT2D eigenvalue weighted by Crippen LogP contribution is 2.06. The average molecular weight is 164 g/mol. The van der Waals surface area contributed by atoms with Crippen LogP contribution < -0.4 is 0 Å². The van der Waals surface area contributed by atoms with Crippen LogP contribution in [0, 0.1) is 12.8 Å². The van der Waals surface area contributed by atoms with Crippen LogP contribution in [0.25, 0.3) is 0 Å². The first-order valence-electron chi connectivity index (χ1n) is 4.46. The summed E-state index contributed by atoms with van der Waals surface area (Å²) in [4.78, 5) is 8.29. The van der Waals surface area contributed by atoms with Crippen LogP contribution in [-0.4, -0.2) is 9.97 Å². The van der Waals surface area contributed by atoms with E-state index in [0.717, 1.165) is 18.2 Å². The molecule has 0 aliphatic heterocycles. The number of nitrogens with zero attached hydrogens (tertiary/aromatic N) is 2. The van der Waals surface area contributed by atoms with Crippen LogP contribution in [0.2, 0.25) is 0 Å². The molecule has 2 heteroatoms. The van der Waals surface area contributed by atoms with E-state index in [1.807, 2.05) is 19.3 Å². The summed E-state index contributed by atoms with van der Waals surface area (Å²) in [5, 5.41) is 0. The molecular formula is C10H16N2. The van der Waals surface area contributed by atoms with Crippen LogP contribution in [0.15, 0.2) is 12.4 Å². The molecule has 0 N–H and O–H groups in total. The molecule has 1 aromatic heterocycles. The molecule has 12 heavy (non-hydrogen) atoms. The van der Waals surface area contributed by atoms with E-state index in [0.29, 0.717) is 0 Å². The molecule has 0 aromatic carbocycles. The van der Waals surface area contributed by atoms with E-state index in [-0.39, 0.29) is 0 Å². The van der Waals surface area contributed by atoms with Gasteiger partial charge in [0.15, 0.2) is 0 Å². The van der Waals surface area contributed by atoms with Crippen molar-refractivity contribution in [2.45, 2.75) is 33.6 Å². The van der Waals surface area contributed by atoms with Crippen molar-refractivity contribution in [3.05, 3.63) is 23.8 Å². The van der Waals surface area contributed by atoms with Gasteiger partial charge in [0.25, 0.3) is 0 Å². The number of rotatable bonds is 3. The maximum atomic E-state index is 4.15. The van der Waals surface area contributed by atoms with Crippen molar-refractivity contribution in [1.82, 2.24) is 9.97 Å². The molecule has 2 nitrogen and oxygen atoms in total. The van der Waals surface area contributed by atoms with E-state index < -0.39 is 0 Å². The van der Waals surface area contributed by atoms with Gasteiger partial charge in [0.1, 0.15) is 5.82 Å². The van der Waals surface area contributed by atoms with Crippen molar-refractivity contribution >= 4 is 0 Å². The predicted octanol–water partition coefficient (Wildman–Crippen LogP) is 2.37. The lowest BCUT2D eigenvalue weighted by Gasteiger charge is -2.03. The van der Waals surface area contributed by atoms with Gasteiger partial charge >= 0.3 is 0 Å². The molecule has 0 aliphatic rings. The predicted molar refractivity (Wildman–Crippen MR) is 49.9 cm³/mol. The van der Waals surface area contributed by atoms with Crippen molar-refractivity contribution < 1.29 is 0 Å². The first-order valence-corrected chi connectivity index (χ1v) is 4.46. The number of hydrogen-bond donors (Lipinski definition) is 0. The molecule has 0 fully saturated rings. The van der Waals surface area contributed by atoms with Crippen LogP contribution in [0.1, 0.15) is 31.7 Å². The minimum Gasteiger partial charge on any atom is -0.241 e. The van der Waals surface area contributed by atoms with Crippen LogP contribution in [0.4, 0.5) is 0 Å². The molecule has 0 amide bonds. The molecule has 0 atom stereocenters. The quantitative estimate of drug-likeness (QED) is 0.685. The highest BCUT2D eigenvalue weighted by molar-refractivity contribution is 5.04. The van der Waals surface area contributed by atoms with Crippen molar-refractivity contribution in [3.8, 4) is 0 Å². The van der Waals surface area contributed by atoms with Gasteiger partial charge in [0, 0.05) is 12.4 Å². The molecule has 0 saturated heterocycles. The summed E-state index contributed by atoms with van der Waals surface area (Å²) in [5.41, 5.74) is 1.24. The zero-order valence-electron chi connectivity index (χ0n) is 8.04. The zero-order valence-corrected chi connectivity index (χ0v) is 8.04. The fraction of sp³-hybridized carbons (Fsp3) is 0.600. The van der Waals surface area contributed by atoms with Gasteiger partial charge in [0.2, 0.25) is 0 Å². The second-order valence-electron chi connectivity index (χ2n) is 3.57. The first-order chi connectivity index (χ1) is 5.68. The molecule has 0 saturated carbocycles. The molecule has 0 unspecified atom stereocenters. The van der Waals surface area contributed by atoms with E-state index in [2.05, 4.69) is 23.8 Å². The molecule has 0 radical (unpaired) electrons. The first kappa shape index (κ1) is 9.17. The third kappa shape index (κ3) is 2.99. The Kier molecular flexibility index (Phi) is 3.20. The Labute approximate surface area is 74.1 Å². The lowest BCUT2D eigenvalue weighted by molar-refractivity contribution is 0.585. The van der Waals surface area contributed by atoms with Gasteiger partial charge in [-0.15, -0.1) is 0 Å². The summed E-state index contributed by atoms with van der Waals surface area (Å²) in [6, 6.07) is 0. The van der Waals surface area contributed by atoms with Gasteiger partial charge in [-0.25, -0.2) is 9.97 Å². The molecule has 1 aromatic rings. The van der Waals surface area contributed by atoms with E-state index in [1.54, 1.807) is 0 Å². The molecule has 0 aliphatic carbocycles. The normalized spacial score (nSPS) is 10.7. The minimum absolute atomic E-state index is 0.756. The Balaban J connectivity index is 2.48. The Morgan fingerprint density at radius 1 is 1.25 bits per heavy atom. The molecule has 1 heterocycles. The SMILES string of the molecule is Cc1ncc(CCC(C)C)cn1. The number of aryl methyl sites for hydroxylation is 2. The van der Waals surface area contributed by atoms with Gasteiger partial charge in [-0.1, -0.05) is 13.8 Å². The van der Waals surface area contributed by atoms with E-state index in [9.17, 15) is 0 Å². The standard InChI is InChI=1S/C10H16N2/c1-8(2)4-5-10-6-11-9(3)12-7-10/h6-8H,4-5H2,1-3H3. The van der Waals surface area contributed by atoms with Crippen molar-refractivity contribution in [3.63, 3.8) is 0 Å². The second-order valence-corrected chi connectivity index (χ2v) is 3.57. The summed E-state index contributed by atoms with van der Waals surface area (Å²) < 4.78 is 0. The summed E-state index contributed by atoms with van der Waals surface area (Å²) in [6.07, 6.45) is 6.15. The smallest absolute Gasteiger partial charge is 0.125 e. The summed E-state index contributed by atoms with van der Waals surface area (Å²) >= 11 is 0. The van der Waals surface area contributed by atoms with Crippen LogP contribution in [0.5, 0.6) is 0 Å². The van der Waals surface area contributed by atoms with Crippen LogP contribution in [-0.2, 0) is 6.42 Å². The van der Waals surface area contributed by atoms with Crippen molar-refractivity contribution in [1.29, 1.82) is 0 Å². The lowest BCUT2D eigenvalue weighted by Crippen LogP contribution is -1.95. The Morgan fingerprint density at radius 3 is 2.33 bits per heavy atom. The maximum absolute atomic E-state index is 4.15. The highest BCUT2D eigenvalue weighted by atomic mass is 14.8. The van der Waals surface area contributed by atoms with Crippen molar-refractivity contribution in [2.24, 2.45) is 5.92 Å². The van der Waals surface area contributed by atoms with E-state index in [1.165, 1.54) is 12.0 Å². The van der Waals surface area contributed by atoms with Gasteiger partial charge in [-0.05, 0) is 31.2 Å². The topological polar surface area (TPSA) is 25.8 Å². The van der Waals surface area contributed by atoms with Gasteiger partial charge in [0.05, 0.1) is 0 Å². The second kappa shape index (κ2) is 4.19. The van der Waals surface area contributed by atoms with Gasteiger partial charge in [-0.3, -0.25) is 0 Å². The minimum atomic E-state index is 0.756. The van der Waals surface area contributed by atoms with Gasteiger partial charge < -0.3 is 0 Å². The Bertz CT molecular complexity index is 226. The Morgan fingerprint density at radius 2 is 1.83 bits per heavy atom. The fourth-order valence-corrected chi connectivity index (χ4v) is 1.00. The molecule has 66 valence electrons.